The molecule has 0 saturated heterocycles. The summed E-state index contributed by atoms with van der Waals surface area (Å²) in [6, 6.07) is 16.6. The van der Waals surface area contributed by atoms with Gasteiger partial charge in [0.25, 0.3) is 5.91 Å². The van der Waals surface area contributed by atoms with Crippen LogP contribution in [0, 0.1) is 25.7 Å². The highest BCUT2D eigenvalue weighted by atomic mass is 16.3. The molecule has 4 rings (SSSR count). The Bertz CT molecular complexity index is 1770. The van der Waals surface area contributed by atoms with Crippen LogP contribution in [0.3, 0.4) is 0 Å². The SMILES string of the molecule is C=CN(/C=C\C(C)CC)c1c(O)cc(NC(=O)c2ccc(Nc3ccc4c(c3)c(C)c(C)n4CCCN(CCC)CCC(C)CC)cc2)cc1O. The van der Waals surface area contributed by atoms with Crippen LogP contribution in [0.15, 0.2) is 79.7 Å². The molecule has 4 N–H and O–H groups in total. The highest BCUT2D eigenvalue weighted by molar-refractivity contribution is 6.05. The van der Waals surface area contributed by atoms with Gasteiger partial charge in [0.2, 0.25) is 0 Å². The first-order chi connectivity index (χ1) is 24.5. The Labute approximate surface area is 305 Å². The summed E-state index contributed by atoms with van der Waals surface area (Å²) >= 11 is 0. The third-order valence-electron chi connectivity index (χ3n) is 10.1. The zero-order valence-electron chi connectivity index (χ0n) is 31.8. The van der Waals surface area contributed by atoms with Crippen molar-refractivity contribution in [1.82, 2.24) is 9.47 Å². The normalized spacial score (nSPS) is 12.8. The first-order valence-corrected chi connectivity index (χ1v) is 18.6. The number of aryl methyl sites for hydroxylation is 2. The molecular weight excluding hydrogens is 635 g/mol. The molecular formula is C43H59N5O3. The van der Waals surface area contributed by atoms with Gasteiger partial charge < -0.3 is 35.2 Å². The van der Waals surface area contributed by atoms with Crippen LogP contribution in [0.1, 0.15) is 88.3 Å². The van der Waals surface area contributed by atoms with Crippen LogP contribution >= 0.6 is 0 Å². The Morgan fingerprint density at radius 1 is 0.902 bits per heavy atom. The van der Waals surface area contributed by atoms with E-state index in [1.54, 1.807) is 23.2 Å². The Kier molecular flexibility index (Phi) is 14.2. The van der Waals surface area contributed by atoms with E-state index >= 15 is 0 Å². The number of benzene rings is 3. The molecule has 0 aliphatic rings. The van der Waals surface area contributed by atoms with Crippen LogP contribution in [-0.2, 0) is 6.54 Å². The van der Waals surface area contributed by atoms with Crippen molar-refractivity contribution in [3.8, 4) is 11.5 Å². The van der Waals surface area contributed by atoms with Crippen LogP contribution in [0.2, 0.25) is 0 Å². The van der Waals surface area contributed by atoms with Gasteiger partial charge in [0.05, 0.1) is 0 Å². The molecule has 0 radical (unpaired) electrons. The van der Waals surface area contributed by atoms with E-state index in [0.29, 0.717) is 11.5 Å². The van der Waals surface area contributed by atoms with E-state index in [9.17, 15) is 15.0 Å². The maximum atomic E-state index is 13.1. The van der Waals surface area contributed by atoms with Gasteiger partial charge in [0.15, 0.2) is 0 Å². The fraction of sp³-hybridized carbons (Fsp3) is 0.419. The Morgan fingerprint density at radius 2 is 1.59 bits per heavy atom. The van der Waals surface area contributed by atoms with Crippen molar-refractivity contribution in [2.45, 2.75) is 87.1 Å². The maximum Gasteiger partial charge on any atom is 0.255 e. The summed E-state index contributed by atoms with van der Waals surface area (Å²) in [4.78, 5) is 17.3. The number of allylic oxidation sites excluding steroid dienone is 1. The molecule has 0 aliphatic heterocycles. The molecule has 0 spiro atoms. The van der Waals surface area contributed by atoms with Crippen molar-refractivity contribution in [1.29, 1.82) is 0 Å². The minimum atomic E-state index is -0.354. The van der Waals surface area contributed by atoms with Gasteiger partial charge in [-0.1, -0.05) is 60.1 Å². The van der Waals surface area contributed by atoms with Gasteiger partial charge in [0.1, 0.15) is 17.2 Å². The number of hydrogen-bond acceptors (Lipinski definition) is 6. The number of rotatable bonds is 19. The van der Waals surface area contributed by atoms with E-state index in [0.717, 1.165) is 49.8 Å². The van der Waals surface area contributed by atoms with E-state index in [2.05, 4.69) is 93.3 Å². The van der Waals surface area contributed by atoms with Gasteiger partial charge in [-0.2, -0.15) is 0 Å². The van der Waals surface area contributed by atoms with Crippen molar-refractivity contribution < 1.29 is 15.0 Å². The number of hydrogen-bond donors (Lipinski definition) is 4. The number of phenols is 2. The van der Waals surface area contributed by atoms with Crippen LogP contribution in [0.25, 0.3) is 10.9 Å². The van der Waals surface area contributed by atoms with Gasteiger partial charge in [0, 0.05) is 70.3 Å². The largest absolute Gasteiger partial charge is 0.506 e. The summed E-state index contributed by atoms with van der Waals surface area (Å²) in [6.45, 7) is 23.8. The zero-order chi connectivity index (χ0) is 37.1. The number of anilines is 4. The summed E-state index contributed by atoms with van der Waals surface area (Å²) in [5.41, 5.74) is 6.64. The number of aromatic hydroxyl groups is 2. The molecule has 4 aromatic rings. The van der Waals surface area contributed by atoms with Crippen molar-refractivity contribution in [3.63, 3.8) is 0 Å². The van der Waals surface area contributed by atoms with Crippen LogP contribution in [0.4, 0.5) is 22.7 Å². The van der Waals surface area contributed by atoms with Crippen molar-refractivity contribution in [2.24, 2.45) is 11.8 Å². The minimum absolute atomic E-state index is 0.178. The molecule has 2 unspecified atom stereocenters. The lowest BCUT2D eigenvalue weighted by atomic mass is 10.1. The van der Waals surface area contributed by atoms with Crippen molar-refractivity contribution in [2.75, 3.05) is 35.2 Å². The summed E-state index contributed by atoms with van der Waals surface area (Å²) in [7, 11) is 0. The van der Waals surface area contributed by atoms with Crippen molar-refractivity contribution >= 4 is 39.6 Å². The molecule has 8 nitrogen and oxygen atoms in total. The molecule has 0 aliphatic carbocycles. The van der Waals surface area contributed by atoms with Gasteiger partial charge >= 0.3 is 0 Å². The second-order valence-electron chi connectivity index (χ2n) is 13.9. The lowest BCUT2D eigenvalue weighted by molar-refractivity contribution is 0.102. The number of fused-ring (bicyclic) bond motifs is 1. The average Bonchev–Trinajstić information content (AvgIpc) is 3.35. The van der Waals surface area contributed by atoms with Crippen LogP contribution in [0.5, 0.6) is 11.5 Å². The standard InChI is InChI=1S/C43H59N5O3/c1-9-22-46(25-20-30(5)10-2)23-13-24-48-33(8)32(7)38-27-36(18-19-39(38)48)44-35-16-14-34(15-17-35)43(51)45-37-28-40(49)42(41(50)29-37)47(12-4)26-21-31(6)11-3/h12,14-19,21,26-31,44,49-50H,4,9-11,13,20,22-25H2,1-3,5-8H3,(H,45,51)/b26-21-. The number of nitrogens with one attached hydrogen (secondary N) is 2. The summed E-state index contributed by atoms with van der Waals surface area (Å²) in [5, 5.41) is 29.0. The average molecular weight is 694 g/mol. The third-order valence-corrected chi connectivity index (χ3v) is 10.1. The van der Waals surface area contributed by atoms with Gasteiger partial charge in [-0.3, -0.25) is 4.79 Å². The fourth-order valence-electron chi connectivity index (χ4n) is 6.35. The lowest BCUT2D eigenvalue weighted by Gasteiger charge is -2.23. The zero-order valence-corrected chi connectivity index (χ0v) is 31.8. The van der Waals surface area contributed by atoms with Crippen LogP contribution < -0.4 is 15.5 Å². The number of amides is 1. The Balaban J connectivity index is 1.40. The fourth-order valence-corrected chi connectivity index (χ4v) is 6.35. The molecule has 0 fully saturated rings. The quantitative estimate of drug-likeness (QED) is 0.0781. The Hall–Kier alpha value is -4.69. The number of carbonyl (C=O) groups is 1. The molecule has 8 heteroatoms. The second kappa shape index (κ2) is 18.5. The highest BCUT2D eigenvalue weighted by Crippen LogP contribution is 2.40. The molecule has 1 heterocycles. The minimum Gasteiger partial charge on any atom is -0.506 e. The first kappa shape index (κ1) is 39.1. The molecule has 1 amide bonds. The van der Waals surface area contributed by atoms with Gasteiger partial charge in [-0.25, -0.2) is 0 Å². The predicted octanol–water partition coefficient (Wildman–Crippen LogP) is 10.7. The van der Waals surface area contributed by atoms with Gasteiger partial charge in [-0.05, 0) is 113 Å². The maximum absolute atomic E-state index is 13.1. The van der Waals surface area contributed by atoms with Gasteiger partial charge in [-0.15, -0.1) is 0 Å². The lowest BCUT2D eigenvalue weighted by Crippen LogP contribution is -2.28. The smallest absolute Gasteiger partial charge is 0.255 e. The molecule has 274 valence electrons. The molecule has 0 bridgehead atoms. The first-order valence-electron chi connectivity index (χ1n) is 18.6. The third kappa shape index (κ3) is 10.2. The molecule has 51 heavy (non-hydrogen) atoms. The monoisotopic (exact) mass is 693 g/mol. The van der Waals surface area contributed by atoms with Crippen molar-refractivity contribution in [3.05, 3.63) is 96.5 Å². The summed E-state index contributed by atoms with van der Waals surface area (Å²) in [5.74, 6) is 0.395. The van der Waals surface area contributed by atoms with E-state index in [1.807, 2.05) is 18.2 Å². The second-order valence-corrected chi connectivity index (χ2v) is 13.9. The Morgan fingerprint density at radius 3 is 2.22 bits per heavy atom. The number of carbonyl (C=O) groups excluding carboxylic acids is 1. The van der Waals surface area contributed by atoms with E-state index in [-0.39, 0.29) is 28.8 Å². The van der Waals surface area contributed by atoms with E-state index < -0.39 is 0 Å². The summed E-state index contributed by atoms with van der Waals surface area (Å²) < 4.78 is 2.47. The predicted molar refractivity (Wildman–Crippen MR) is 216 cm³/mol. The molecule has 0 saturated carbocycles. The van der Waals surface area contributed by atoms with E-state index in [4.69, 9.17) is 0 Å². The van der Waals surface area contributed by atoms with Crippen LogP contribution in [-0.4, -0.2) is 45.2 Å². The van der Waals surface area contributed by atoms with E-state index in [1.165, 1.54) is 66.3 Å². The number of phenolic OH excluding ortho intramolecular Hbond substituents is 2. The topological polar surface area (TPSA) is 93.0 Å². The summed E-state index contributed by atoms with van der Waals surface area (Å²) in [6.07, 6.45) is 11.0. The molecule has 3 aromatic carbocycles. The molecule has 1 aromatic heterocycles. The molecule has 2 atom stereocenters. The number of aromatic nitrogens is 1. The number of nitrogens with zero attached hydrogens (tertiary/aromatic N) is 3. The highest BCUT2D eigenvalue weighted by Gasteiger charge is 2.17.